The van der Waals surface area contributed by atoms with Crippen LogP contribution in [0.3, 0.4) is 0 Å². The van der Waals surface area contributed by atoms with Crippen molar-refractivity contribution in [2.45, 2.75) is 76.2 Å². The Labute approximate surface area is 154 Å². The Morgan fingerprint density at radius 2 is 1.62 bits per heavy atom. The van der Waals surface area contributed by atoms with E-state index in [2.05, 4.69) is 26.1 Å². The lowest BCUT2D eigenvalue weighted by Gasteiger charge is -2.40. The van der Waals surface area contributed by atoms with Crippen LogP contribution in [0.25, 0.3) is 11.0 Å². The van der Waals surface area contributed by atoms with Crippen molar-refractivity contribution in [2.24, 2.45) is 5.41 Å². The minimum atomic E-state index is -0.559. The van der Waals surface area contributed by atoms with E-state index >= 15 is 0 Å². The first kappa shape index (κ1) is 16.2. The van der Waals surface area contributed by atoms with Gasteiger partial charge in [-0.05, 0) is 43.2 Å². The van der Waals surface area contributed by atoms with E-state index < -0.39 is 5.41 Å². The molecule has 1 N–H and O–H groups in total. The smallest absolute Gasteiger partial charge is 0.233 e. The fraction of sp³-hybridized carbons (Fsp3) is 0.591. The highest BCUT2D eigenvalue weighted by molar-refractivity contribution is 5.93. The third-order valence-electron chi connectivity index (χ3n) is 8.02. The van der Waals surface area contributed by atoms with Gasteiger partial charge in [-0.3, -0.25) is 4.79 Å². The van der Waals surface area contributed by atoms with Gasteiger partial charge in [0.15, 0.2) is 0 Å². The van der Waals surface area contributed by atoms with E-state index in [0.717, 1.165) is 48.1 Å². The maximum atomic E-state index is 13.7. The predicted molar refractivity (Wildman–Crippen MR) is 102 cm³/mol. The van der Waals surface area contributed by atoms with Crippen molar-refractivity contribution < 1.29 is 4.79 Å². The molecule has 4 nitrogen and oxygen atoms in total. The van der Waals surface area contributed by atoms with E-state index in [-0.39, 0.29) is 16.7 Å². The summed E-state index contributed by atoms with van der Waals surface area (Å²) in [5.74, 6) is 0.182. The van der Waals surface area contributed by atoms with E-state index in [1.54, 1.807) is 0 Å². The summed E-state index contributed by atoms with van der Waals surface area (Å²) in [7, 11) is 0. The van der Waals surface area contributed by atoms with Crippen LogP contribution in [-0.2, 0) is 15.6 Å². The SMILES string of the molecule is CC12CCC(C(=O)NC3CCCC3)(c3nc4ccccc4nc31)C2(C)C. The van der Waals surface area contributed by atoms with E-state index in [1.165, 1.54) is 12.8 Å². The summed E-state index contributed by atoms with van der Waals surface area (Å²) in [6, 6.07) is 8.36. The lowest BCUT2D eigenvalue weighted by Crippen LogP contribution is -2.53. The van der Waals surface area contributed by atoms with Crippen LogP contribution in [0.2, 0.25) is 0 Å². The first-order chi connectivity index (χ1) is 12.4. The molecule has 2 bridgehead atoms. The van der Waals surface area contributed by atoms with Crippen LogP contribution >= 0.6 is 0 Å². The Morgan fingerprint density at radius 3 is 2.27 bits per heavy atom. The zero-order valence-electron chi connectivity index (χ0n) is 15.9. The zero-order valence-corrected chi connectivity index (χ0v) is 15.9. The highest BCUT2D eigenvalue weighted by Gasteiger charge is 2.73. The number of hydrogen-bond acceptors (Lipinski definition) is 3. The molecule has 3 aliphatic rings. The van der Waals surface area contributed by atoms with Crippen LogP contribution in [0.15, 0.2) is 24.3 Å². The van der Waals surface area contributed by atoms with Gasteiger partial charge in [0.25, 0.3) is 0 Å². The largest absolute Gasteiger partial charge is 0.353 e. The topological polar surface area (TPSA) is 54.9 Å². The van der Waals surface area contributed by atoms with Crippen molar-refractivity contribution in [1.29, 1.82) is 0 Å². The second-order valence-corrected chi connectivity index (χ2v) is 9.23. The number of carbonyl (C=O) groups is 1. The molecule has 2 unspecified atom stereocenters. The highest BCUT2D eigenvalue weighted by Crippen LogP contribution is 2.70. The molecule has 1 heterocycles. The number of rotatable bonds is 2. The maximum Gasteiger partial charge on any atom is 0.233 e. The van der Waals surface area contributed by atoms with Crippen molar-refractivity contribution in [1.82, 2.24) is 15.3 Å². The Kier molecular flexibility index (Phi) is 3.15. The summed E-state index contributed by atoms with van der Waals surface area (Å²) in [4.78, 5) is 23.7. The van der Waals surface area contributed by atoms with Gasteiger partial charge < -0.3 is 5.32 Å². The molecule has 26 heavy (non-hydrogen) atoms. The highest BCUT2D eigenvalue weighted by atomic mass is 16.2. The number of aromatic nitrogens is 2. The Morgan fingerprint density at radius 1 is 1.00 bits per heavy atom. The van der Waals surface area contributed by atoms with Gasteiger partial charge in [-0.1, -0.05) is 45.7 Å². The van der Waals surface area contributed by atoms with Crippen LogP contribution in [0.4, 0.5) is 0 Å². The average molecular weight is 349 g/mol. The number of benzene rings is 1. The van der Waals surface area contributed by atoms with Gasteiger partial charge in [0, 0.05) is 11.5 Å². The summed E-state index contributed by atoms with van der Waals surface area (Å²) in [5, 5.41) is 3.39. The number of nitrogens with zero attached hydrogens (tertiary/aromatic N) is 2. The molecule has 3 aliphatic carbocycles. The normalized spacial score (nSPS) is 32.1. The quantitative estimate of drug-likeness (QED) is 0.891. The first-order valence-electron chi connectivity index (χ1n) is 9.99. The lowest BCUT2D eigenvalue weighted by atomic mass is 9.63. The van der Waals surface area contributed by atoms with Crippen LogP contribution in [0.5, 0.6) is 0 Å². The van der Waals surface area contributed by atoms with Crippen LogP contribution in [0.1, 0.15) is 70.7 Å². The number of carbonyl (C=O) groups excluding carboxylic acids is 1. The zero-order chi connectivity index (χ0) is 18.2. The van der Waals surface area contributed by atoms with Gasteiger partial charge in [-0.2, -0.15) is 0 Å². The number of amides is 1. The van der Waals surface area contributed by atoms with Crippen molar-refractivity contribution in [2.75, 3.05) is 0 Å². The van der Waals surface area contributed by atoms with Crippen molar-refractivity contribution in [3.8, 4) is 0 Å². The molecule has 0 radical (unpaired) electrons. The standard InChI is InChI=1S/C22H27N3O/c1-20(2)21(3)12-13-22(20,19(26)23-14-8-4-5-9-14)18-17(21)24-15-10-6-7-11-16(15)25-18/h6-7,10-11,14H,4-5,8-9,12-13H2,1-3H3,(H,23,26). The second-order valence-electron chi connectivity index (χ2n) is 9.23. The number of fused-ring (bicyclic) bond motifs is 6. The summed E-state index contributed by atoms with van der Waals surface area (Å²) >= 11 is 0. The Balaban J connectivity index is 1.70. The summed E-state index contributed by atoms with van der Waals surface area (Å²) in [5.41, 5.74) is 2.96. The van der Waals surface area contributed by atoms with Gasteiger partial charge in [-0.25, -0.2) is 9.97 Å². The third-order valence-corrected chi connectivity index (χ3v) is 8.02. The third kappa shape index (κ3) is 1.73. The molecular formula is C22H27N3O. The molecule has 1 aromatic carbocycles. The van der Waals surface area contributed by atoms with E-state index in [9.17, 15) is 4.79 Å². The molecule has 0 spiro atoms. The molecule has 136 valence electrons. The molecule has 2 atom stereocenters. The van der Waals surface area contributed by atoms with E-state index in [4.69, 9.17) is 9.97 Å². The Hall–Kier alpha value is -1.97. The van der Waals surface area contributed by atoms with Gasteiger partial charge in [-0.15, -0.1) is 0 Å². The predicted octanol–water partition coefficient (Wildman–Crippen LogP) is 4.02. The number of hydrogen-bond donors (Lipinski definition) is 1. The molecule has 0 aliphatic heterocycles. The van der Waals surface area contributed by atoms with Crippen LogP contribution in [0, 0.1) is 5.41 Å². The fourth-order valence-corrected chi connectivity index (χ4v) is 5.93. The van der Waals surface area contributed by atoms with Gasteiger partial charge in [0.1, 0.15) is 0 Å². The summed E-state index contributed by atoms with van der Waals surface area (Å²) in [6.07, 6.45) is 6.53. The van der Waals surface area contributed by atoms with Gasteiger partial charge in [0.05, 0.1) is 27.8 Å². The second kappa shape index (κ2) is 5.05. The van der Waals surface area contributed by atoms with E-state index in [1.807, 2.05) is 24.3 Å². The van der Waals surface area contributed by atoms with Crippen molar-refractivity contribution >= 4 is 16.9 Å². The fourth-order valence-electron chi connectivity index (χ4n) is 5.93. The molecule has 0 saturated heterocycles. The van der Waals surface area contributed by atoms with Crippen molar-refractivity contribution in [3.05, 3.63) is 35.7 Å². The monoisotopic (exact) mass is 349 g/mol. The maximum absolute atomic E-state index is 13.7. The lowest BCUT2D eigenvalue weighted by molar-refractivity contribution is -0.131. The molecule has 4 heteroatoms. The van der Waals surface area contributed by atoms with Crippen molar-refractivity contribution in [3.63, 3.8) is 0 Å². The molecule has 5 rings (SSSR count). The Bertz CT molecular complexity index is 915. The summed E-state index contributed by atoms with van der Waals surface area (Å²) in [6.45, 7) is 6.79. The van der Waals surface area contributed by atoms with Gasteiger partial charge in [0.2, 0.25) is 5.91 Å². The molecule has 2 saturated carbocycles. The molecule has 2 fully saturated rings. The first-order valence-corrected chi connectivity index (χ1v) is 9.99. The number of para-hydroxylation sites is 2. The van der Waals surface area contributed by atoms with E-state index in [0.29, 0.717) is 6.04 Å². The minimum Gasteiger partial charge on any atom is -0.353 e. The van der Waals surface area contributed by atoms with Gasteiger partial charge >= 0.3 is 0 Å². The van der Waals surface area contributed by atoms with Crippen LogP contribution < -0.4 is 5.32 Å². The van der Waals surface area contributed by atoms with Crippen LogP contribution in [-0.4, -0.2) is 21.9 Å². The summed E-state index contributed by atoms with van der Waals surface area (Å²) < 4.78 is 0. The molecular weight excluding hydrogens is 322 g/mol. The molecule has 1 amide bonds. The molecule has 1 aromatic heterocycles. The molecule has 2 aromatic rings. The average Bonchev–Trinajstić information content (AvgIpc) is 3.23. The number of nitrogens with one attached hydrogen (secondary N) is 1. The minimum absolute atomic E-state index is 0.105.